The van der Waals surface area contributed by atoms with Crippen molar-refractivity contribution < 1.29 is 22.5 Å². The molecule has 0 fully saturated rings. The lowest BCUT2D eigenvalue weighted by Crippen LogP contribution is -2.11. The number of nitrogens with zero attached hydrogens (tertiary/aromatic N) is 1. The third-order valence-corrected chi connectivity index (χ3v) is 7.20. The lowest BCUT2D eigenvalue weighted by atomic mass is 10.1. The second kappa shape index (κ2) is 8.07. The summed E-state index contributed by atoms with van der Waals surface area (Å²) in [6.45, 7) is 1.40. The molecule has 0 spiro atoms. The van der Waals surface area contributed by atoms with Gasteiger partial charge in [-0.1, -0.05) is 16.9 Å². The molecule has 0 bridgehead atoms. The number of carbonyl (C=O) groups excluding carboxylic acids is 2. The average Bonchev–Trinajstić information content (AvgIpc) is 3.31. The number of hydrogen-bond donors (Lipinski definition) is 1. The number of thioether (sulfide) groups is 1. The number of rotatable bonds is 7. The summed E-state index contributed by atoms with van der Waals surface area (Å²) in [5, 5.41) is 3.65. The van der Waals surface area contributed by atoms with Gasteiger partial charge in [0.25, 0.3) is 10.0 Å². The van der Waals surface area contributed by atoms with Crippen LogP contribution in [0, 0.1) is 0 Å². The van der Waals surface area contributed by atoms with Crippen LogP contribution >= 0.6 is 23.1 Å². The Morgan fingerprint density at radius 1 is 1.15 bits per heavy atom. The van der Waals surface area contributed by atoms with Gasteiger partial charge < -0.3 is 4.52 Å². The molecule has 1 aromatic carbocycles. The largest absolute Gasteiger partial charge is 0.364 e. The van der Waals surface area contributed by atoms with Gasteiger partial charge in [0.15, 0.2) is 10.9 Å². The molecule has 0 aliphatic rings. The van der Waals surface area contributed by atoms with Gasteiger partial charge in [0.2, 0.25) is 0 Å². The van der Waals surface area contributed by atoms with Crippen molar-refractivity contribution in [3.8, 4) is 10.6 Å². The Balaban J connectivity index is 1.71. The molecule has 0 saturated carbocycles. The Kier molecular flexibility index (Phi) is 5.78. The van der Waals surface area contributed by atoms with Gasteiger partial charge >= 0.3 is 0 Å². The van der Waals surface area contributed by atoms with Gasteiger partial charge in [-0.05, 0) is 36.4 Å². The number of ketones is 1. The second-order valence-corrected chi connectivity index (χ2v) is 9.53. The van der Waals surface area contributed by atoms with Crippen LogP contribution in [0.1, 0.15) is 17.3 Å². The standard InChI is InChI=1S/C17H14N2O5S3/c1-11(20)25-10-15(21)12-2-4-13(5-3-12)19-27(22,23)17-7-6-16(26-17)14-8-9-24-18-14/h2-9,19H,10H2,1H3. The molecule has 3 rings (SSSR count). The molecule has 10 heteroatoms. The van der Waals surface area contributed by atoms with Crippen molar-refractivity contribution in [2.75, 3.05) is 10.5 Å². The molecule has 0 atom stereocenters. The summed E-state index contributed by atoms with van der Waals surface area (Å²) in [6, 6.07) is 10.9. The van der Waals surface area contributed by atoms with E-state index >= 15 is 0 Å². The van der Waals surface area contributed by atoms with Gasteiger partial charge in [-0.25, -0.2) is 8.42 Å². The van der Waals surface area contributed by atoms with E-state index in [1.54, 1.807) is 12.1 Å². The summed E-state index contributed by atoms with van der Waals surface area (Å²) in [7, 11) is -3.76. The van der Waals surface area contributed by atoms with Gasteiger partial charge in [-0.2, -0.15) is 0 Å². The number of Topliss-reactive ketones (excluding diaryl/α,β-unsaturated/α-hetero) is 1. The number of nitrogens with one attached hydrogen (secondary N) is 1. The van der Waals surface area contributed by atoms with Gasteiger partial charge in [-0.3, -0.25) is 14.3 Å². The Labute approximate surface area is 163 Å². The van der Waals surface area contributed by atoms with E-state index in [4.69, 9.17) is 4.52 Å². The molecular weight excluding hydrogens is 408 g/mol. The Morgan fingerprint density at radius 2 is 1.89 bits per heavy atom. The van der Waals surface area contributed by atoms with Crippen LogP contribution in [-0.2, 0) is 14.8 Å². The van der Waals surface area contributed by atoms with E-state index in [0.29, 0.717) is 21.8 Å². The monoisotopic (exact) mass is 422 g/mol. The van der Waals surface area contributed by atoms with E-state index in [0.717, 1.165) is 23.1 Å². The fraction of sp³-hybridized carbons (Fsp3) is 0.118. The van der Waals surface area contributed by atoms with Crippen molar-refractivity contribution in [1.82, 2.24) is 5.16 Å². The zero-order valence-corrected chi connectivity index (χ0v) is 16.5. The number of sulfonamides is 1. The summed E-state index contributed by atoms with van der Waals surface area (Å²) in [5.74, 6) is -0.138. The molecule has 0 aliphatic heterocycles. The lowest BCUT2D eigenvalue weighted by Gasteiger charge is -2.07. The predicted molar refractivity (Wildman–Crippen MR) is 105 cm³/mol. The lowest BCUT2D eigenvalue weighted by molar-refractivity contribution is -0.109. The summed E-state index contributed by atoms with van der Waals surface area (Å²) in [5.41, 5.74) is 1.31. The van der Waals surface area contributed by atoms with Crippen LogP contribution in [0.2, 0.25) is 0 Å². The first-order valence-corrected chi connectivity index (χ1v) is 10.9. The fourth-order valence-electron chi connectivity index (χ4n) is 2.12. The third kappa shape index (κ3) is 4.85. The van der Waals surface area contributed by atoms with E-state index in [2.05, 4.69) is 9.88 Å². The minimum Gasteiger partial charge on any atom is -0.364 e. The first-order chi connectivity index (χ1) is 12.8. The van der Waals surface area contributed by atoms with E-state index in [9.17, 15) is 18.0 Å². The normalized spacial score (nSPS) is 11.3. The highest BCUT2D eigenvalue weighted by Gasteiger charge is 2.18. The number of carbonyl (C=O) groups is 2. The first kappa shape index (κ1) is 19.3. The van der Waals surface area contributed by atoms with Crippen molar-refractivity contribution in [1.29, 1.82) is 0 Å². The van der Waals surface area contributed by atoms with Gasteiger partial charge in [0.05, 0.1) is 10.6 Å². The van der Waals surface area contributed by atoms with Gasteiger partial charge in [-0.15, -0.1) is 11.3 Å². The molecule has 0 saturated heterocycles. The third-order valence-electron chi connectivity index (χ3n) is 3.40. The van der Waals surface area contributed by atoms with Crippen LogP contribution in [0.3, 0.4) is 0 Å². The topological polar surface area (TPSA) is 106 Å². The molecule has 0 amide bonds. The van der Waals surface area contributed by atoms with Crippen LogP contribution in [0.4, 0.5) is 5.69 Å². The fourth-order valence-corrected chi connectivity index (χ4v) is 4.95. The molecule has 3 aromatic rings. The smallest absolute Gasteiger partial charge is 0.271 e. The molecule has 1 N–H and O–H groups in total. The van der Waals surface area contributed by atoms with Crippen molar-refractivity contribution in [3.63, 3.8) is 0 Å². The maximum Gasteiger partial charge on any atom is 0.271 e. The van der Waals surface area contributed by atoms with Crippen LogP contribution in [0.25, 0.3) is 10.6 Å². The van der Waals surface area contributed by atoms with Crippen molar-refractivity contribution in [2.24, 2.45) is 0 Å². The van der Waals surface area contributed by atoms with Crippen molar-refractivity contribution in [3.05, 3.63) is 54.3 Å². The number of benzene rings is 1. The Morgan fingerprint density at radius 3 is 2.52 bits per heavy atom. The van der Waals surface area contributed by atoms with Crippen molar-refractivity contribution >= 4 is 49.7 Å². The van der Waals surface area contributed by atoms with E-state index < -0.39 is 10.0 Å². The zero-order valence-electron chi connectivity index (χ0n) is 14.0. The molecule has 2 heterocycles. The molecule has 7 nitrogen and oxygen atoms in total. The SMILES string of the molecule is CC(=O)SCC(=O)c1ccc(NS(=O)(=O)c2ccc(-c3ccon3)s2)cc1. The van der Waals surface area contributed by atoms with Gasteiger partial charge in [0, 0.05) is 24.2 Å². The summed E-state index contributed by atoms with van der Waals surface area (Å²) < 4.78 is 32.4. The van der Waals surface area contributed by atoms with Crippen LogP contribution < -0.4 is 4.72 Å². The summed E-state index contributed by atoms with van der Waals surface area (Å²) >= 11 is 2.01. The second-order valence-electron chi connectivity index (χ2n) is 5.39. The highest BCUT2D eigenvalue weighted by molar-refractivity contribution is 8.14. The predicted octanol–water partition coefficient (Wildman–Crippen LogP) is 3.67. The maximum atomic E-state index is 12.5. The highest BCUT2D eigenvalue weighted by Crippen LogP contribution is 2.30. The summed E-state index contributed by atoms with van der Waals surface area (Å²) in [4.78, 5) is 23.6. The molecule has 2 aromatic heterocycles. The Hall–Kier alpha value is -2.43. The quantitative estimate of drug-likeness (QED) is 0.579. The maximum absolute atomic E-state index is 12.5. The number of anilines is 1. The minimum absolute atomic E-state index is 0.0560. The first-order valence-electron chi connectivity index (χ1n) is 7.65. The number of hydrogen-bond acceptors (Lipinski definition) is 8. The minimum atomic E-state index is -3.76. The molecular formula is C17H14N2O5S3. The molecule has 0 unspecified atom stereocenters. The van der Waals surface area contributed by atoms with E-state index in [1.807, 2.05) is 0 Å². The van der Waals surface area contributed by atoms with Crippen LogP contribution in [-0.4, -0.2) is 30.2 Å². The average molecular weight is 423 g/mol. The van der Waals surface area contributed by atoms with Crippen LogP contribution in [0.15, 0.2) is 57.5 Å². The van der Waals surface area contributed by atoms with E-state index in [-0.39, 0.29) is 20.9 Å². The Bertz CT molecular complexity index is 1050. The van der Waals surface area contributed by atoms with Gasteiger partial charge in [0.1, 0.15) is 16.2 Å². The number of aromatic nitrogens is 1. The van der Waals surface area contributed by atoms with E-state index in [1.165, 1.54) is 43.5 Å². The molecule has 0 aliphatic carbocycles. The highest BCUT2D eigenvalue weighted by atomic mass is 32.2. The molecule has 140 valence electrons. The zero-order chi connectivity index (χ0) is 19.4. The van der Waals surface area contributed by atoms with Crippen LogP contribution in [0.5, 0.6) is 0 Å². The summed E-state index contributed by atoms with van der Waals surface area (Å²) in [6.07, 6.45) is 1.42. The van der Waals surface area contributed by atoms with Crippen molar-refractivity contribution in [2.45, 2.75) is 11.1 Å². The number of thiophene rings is 1. The molecule has 0 radical (unpaired) electrons. The molecule has 27 heavy (non-hydrogen) atoms.